The van der Waals surface area contributed by atoms with Crippen molar-refractivity contribution in [3.8, 4) is 0 Å². The fraction of sp³-hybridized carbons (Fsp3) is 0.333. The van der Waals surface area contributed by atoms with E-state index in [-0.39, 0.29) is 23.0 Å². The molecule has 0 aliphatic carbocycles. The van der Waals surface area contributed by atoms with Crippen LogP contribution in [0.2, 0.25) is 0 Å². The Balaban J connectivity index is 2.18. The van der Waals surface area contributed by atoms with E-state index in [4.69, 9.17) is 0 Å². The minimum Gasteiger partial charge on any atom is -0.367 e. The lowest BCUT2D eigenvalue weighted by atomic mass is 10.1. The topological polar surface area (TPSA) is 33.4 Å². The van der Waals surface area contributed by atoms with Crippen LogP contribution in [0.3, 0.4) is 0 Å². The summed E-state index contributed by atoms with van der Waals surface area (Å²) in [7, 11) is 3.40. The van der Waals surface area contributed by atoms with Gasteiger partial charge in [-0.25, -0.2) is 4.98 Å². The van der Waals surface area contributed by atoms with Gasteiger partial charge in [-0.1, -0.05) is 12.7 Å². The predicted octanol–water partition coefficient (Wildman–Crippen LogP) is 3.85. The van der Waals surface area contributed by atoms with E-state index in [2.05, 4.69) is 16.6 Å². The largest absolute Gasteiger partial charge is 0.449 e. The maximum atomic E-state index is 12.5. The van der Waals surface area contributed by atoms with Crippen LogP contribution < -0.4 is 0 Å². The van der Waals surface area contributed by atoms with Crippen molar-refractivity contribution in [2.75, 3.05) is 7.05 Å². The van der Waals surface area contributed by atoms with E-state index in [1.807, 2.05) is 30.2 Å². The highest BCUT2D eigenvalue weighted by molar-refractivity contribution is 8.00. The average Bonchev–Trinajstić information content (AvgIpc) is 2.76. The summed E-state index contributed by atoms with van der Waals surface area (Å²) in [5.41, 5.74) is -3.22. The van der Waals surface area contributed by atoms with Gasteiger partial charge in [-0.2, -0.15) is 13.2 Å². The van der Waals surface area contributed by atoms with Gasteiger partial charge in [-0.15, -0.1) is 0 Å². The van der Waals surface area contributed by atoms with Gasteiger partial charge in [-0.05, 0) is 18.6 Å². The number of imidazole rings is 1. The van der Waals surface area contributed by atoms with Gasteiger partial charge in [0.25, 0.3) is 0 Å². The molecule has 0 aromatic carbocycles. The first-order chi connectivity index (χ1) is 10.8. The molecule has 1 aromatic heterocycles. The van der Waals surface area contributed by atoms with E-state index in [0.717, 1.165) is 6.42 Å². The highest BCUT2D eigenvalue weighted by Crippen LogP contribution is 2.36. The predicted molar refractivity (Wildman–Crippen MR) is 87.1 cm³/mol. The van der Waals surface area contributed by atoms with Gasteiger partial charge in [0.2, 0.25) is 0 Å². The fourth-order valence-electron chi connectivity index (χ4n) is 2.13. The summed E-state index contributed by atoms with van der Waals surface area (Å²) >= 11 is -0.233. The highest BCUT2D eigenvalue weighted by atomic mass is 32.2. The molecule has 1 aromatic rings. The maximum absolute atomic E-state index is 12.5. The molecule has 1 atom stereocenters. The molecule has 0 radical (unpaired) electrons. The molecular weight excluding hydrogens is 325 g/mol. The molecule has 0 bridgehead atoms. The smallest absolute Gasteiger partial charge is 0.367 e. The molecule has 124 valence electrons. The second kappa shape index (κ2) is 7.08. The Morgan fingerprint density at radius 2 is 2.22 bits per heavy atom. The molecule has 8 heteroatoms. The number of hydrogen-bond donors (Lipinski definition) is 0. The number of thioether (sulfide) groups is 1. The van der Waals surface area contributed by atoms with Crippen molar-refractivity contribution in [1.29, 1.82) is 0 Å². The zero-order valence-corrected chi connectivity index (χ0v) is 13.6. The lowest BCUT2D eigenvalue weighted by molar-refractivity contribution is -0.0331. The van der Waals surface area contributed by atoms with Crippen molar-refractivity contribution >= 4 is 23.7 Å². The molecule has 0 amide bonds. The number of aliphatic imine (C=N–C) groups is 1. The van der Waals surface area contributed by atoms with Crippen LogP contribution in [-0.2, 0) is 7.05 Å². The van der Waals surface area contributed by atoms with Crippen LogP contribution in [0.15, 0.2) is 47.4 Å². The lowest BCUT2D eigenvalue weighted by Gasteiger charge is -2.29. The van der Waals surface area contributed by atoms with Crippen LogP contribution in [0.25, 0.3) is 5.70 Å². The Morgan fingerprint density at radius 3 is 2.91 bits per heavy atom. The van der Waals surface area contributed by atoms with Crippen molar-refractivity contribution in [2.45, 2.75) is 23.1 Å². The summed E-state index contributed by atoms with van der Waals surface area (Å²) in [5, 5.41) is -0.111. The van der Waals surface area contributed by atoms with E-state index in [0.29, 0.717) is 11.4 Å². The first-order valence-corrected chi connectivity index (χ1v) is 7.66. The molecule has 0 saturated carbocycles. The minimum absolute atomic E-state index is 0.0184. The van der Waals surface area contributed by atoms with Crippen LogP contribution >= 0.6 is 11.8 Å². The van der Waals surface area contributed by atoms with Gasteiger partial charge in [-0.3, -0.25) is 4.99 Å². The van der Waals surface area contributed by atoms with Gasteiger partial charge < -0.3 is 9.47 Å². The molecule has 4 nitrogen and oxygen atoms in total. The summed E-state index contributed by atoms with van der Waals surface area (Å²) < 4.78 is 38.9. The summed E-state index contributed by atoms with van der Waals surface area (Å²) in [6, 6.07) is 0.0184. The summed E-state index contributed by atoms with van der Waals surface area (Å²) in [4.78, 5) is 9.81. The second-order valence-electron chi connectivity index (χ2n) is 4.96. The number of halogens is 3. The van der Waals surface area contributed by atoms with Gasteiger partial charge in [0.1, 0.15) is 0 Å². The van der Waals surface area contributed by atoms with Crippen molar-refractivity contribution in [2.24, 2.45) is 12.0 Å². The van der Waals surface area contributed by atoms with E-state index in [1.54, 1.807) is 19.5 Å². The Hall–Kier alpha value is -1.96. The van der Waals surface area contributed by atoms with Gasteiger partial charge in [0.15, 0.2) is 5.16 Å². The van der Waals surface area contributed by atoms with E-state index in [1.165, 1.54) is 10.8 Å². The minimum atomic E-state index is -4.37. The molecule has 23 heavy (non-hydrogen) atoms. The molecule has 2 heterocycles. The van der Waals surface area contributed by atoms with Crippen LogP contribution in [0.5, 0.6) is 0 Å². The van der Waals surface area contributed by atoms with Crippen LogP contribution in [0.1, 0.15) is 12.1 Å². The third-order valence-corrected chi connectivity index (χ3v) is 4.24. The molecule has 0 spiro atoms. The number of alkyl halides is 3. The van der Waals surface area contributed by atoms with E-state index >= 15 is 0 Å². The standard InChI is InChI=1S/C15H17F3N4S/c1-11(21(2)12-6-4-5-8-19-9-7-12)13-10-20-14(22(13)3)23-15(16,17)18/h4-5,7-10,12H,1,6H2,2-3H3. The molecule has 0 N–H and O–H groups in total. The number of hydrogen-bond acceptors (Lipinski definition) is 4. The maximum Gasteiger partial charge on any atom is 0.449 e. The summed E-state index contributed by atoms with van der Waals surface area (Å²) in [5.74, 6) is 0. The normalized spacial score (nSPS) is 17.9. The lowest BCUT2D eigenvalue weighted by Crippen LogP contribution is -2.28. The van der Waals surface area contributed by atoms with Crippen LogP contribution in [-0.4, -0.2) is 39.3 Å². The second-order valence-corrected chi connectivity index (χ2v) is 5.99. The van der Waals surface area contributed by atoms with Crippen LogP contribution in [0, 0.1) is 0 Å². The monoisotopic (exact) mass is 342 g/mol. The first-order valence-electron chi connectivity index (χ1n) is 6.84. The van der Waals surface area contributed by atoms with Crippen molar-refractivity contribution < 1.29 is 13.2 Å². The quantitative estimate of drug-likeness (QED) is 0.780. The number of nitrogens with zero attached hydrogens (tertiary/aromatic N) is 4. The SMILES string of the molecule is C=C(c1cnc(SC(F)(F)F)n1C)N(C)C1C=CN=CC=CC1. The molecule has 1 unspecified atom stereocenters. The molecule has 0 fully saturated rings. The summed E-state index contributed by atoms with van der Waals surface area (Å²) in [6.45, 7) is 4.00. The molecule has 2 rings (SSSR count). The van der Waals surface area contributed by atoms with Gasteiger partial charge >= 0.3 is 5.51 Å². The Labute approximate surface area is 137 Å². The Morgan fingerprint density at radius 1 is 1.48 bits per heavy atom. The first kappa shape index (κ1) is 17.4. The highest BCUT2D eigenvalue weighted by Gasteiger charge is 2.32. The number of likely N-dealkylation sites (N-methyl/N-ethyl adjacent to an activating group) is 1. The van der Waals surface area contributed by atoms with Crippen molar-refractivity contribution in [3.05, 3.63) is 42.9 Å². The average molecular weight is 342 g/mol. The number of allylic oxidation sites excluding steroid dienone is 1. The molecule has 0 saturated heterocycles. The number of aromatic nitrogens is 2. The fourth-order valence-corrected chi connectivity index (χ4v) is 2.68. The van der Waals surface area contributed by atoms with Crippen molar-refractivity contribution in [1.82, 2.24) is 14.5 Å². The third kappa shape index (κ3) is 4.51. The Kier molecular flexibility index (Phi) is 5.35. The van der Waals surface area contributed by atoms with Crippen molar-refractivity contribution in [3.63, 3.8) is 0 Å². The molecule has 1 aliphatic rings. The number of rotatable bonds is 4. The van der Waals surface area contributed by atoms with Gasteiger partial charge in [0, 0.05) is 38.3 Å². The van der Waals surface area contributed by atoms with Gasteiger partial charge in [0.05, 0.1) is 23.6 Å². The summed E-state index contributed by atoms with van der Waals surface area (Å²) in [6.07, 6.45) is 11.3. The van der Waals surface area contributed by atoms with Crippen LogP contribution in [0.4, 0.5) is 13.2 Å². The van der Waals surface area contributed by atoms with E-state index in [9.17, 15) is 13.2 Å². The zero-order chi connectivity index (χ0) is 17.0. The zero-order valence-electron chi connectivity index (χ0n) is 12.8. The van der Waals surface area contributed by atoms with E-state index < -0.39 is 5.51 Å². The molecular formula is C15H17F3N4S. The molecule has 1 aliphatic heterocycles. The Bertz CT molecular complexity index is 658. The third-order valence-electron chi connectivity index (χ3n) is 3.45.